The molecule has 3 aliphatic rings. The Bertz CT molecular complexity index is 722. The maximum atomic E-state index is 12.7. The van der Waals surface area contributed by atoms with E-state index in [9.17, 15) is 4.79 Å². The Kier molecular flexibility index (Phi) is 6.11. The number of fused-ring (bicyclic) bond motifs is 1. The zero-order valence-electron chi connectivity index (χ0n) is 17.7. The van der Waals surface area contributed by atoms with Crippen LogP contribution in [-0.4, -0.2) is 22.0 Å². The number of benzene rings is 1. The summed E-state index contributed by atoms with van der Waals surface area (Å²) in [5, 5.41) is 3.08. The molecule has 29 heavy (non-hydrogen) atoms. The third kappa shape index (κ3) is 4.42. The molecule has 0 aromatic heterocycles. The average Bonchev–Trinajstić information content (AvgIpc) is 3.02. The number of amides is 1. The van der Waals surface area contributed by atoms with Crippen LogP contribution in [0.25, 0.3) is 0 Å². The van der Waals surface area contributed by atoms with E-state index in [1.165, 1.54) is 24.8 Å². The molecule has 1 aromatic carbocycles. The third-order valence-electron chi connectivity index (χ3n) is 7.83. The molecule has 1 aromatic rings. The van der Waals surface area contributed by atoms with Crippen LogP contribution in [0.3, 0.4) is 0 Å². The topological polar surface area (TPSA) is 38.3 Å². The van der Waals surface area contributed by atoms with Crippen LogP contribution < -0.4 is 5.32 Å². The van der Waals surface area contributed by atoms with Gasteiger partial charge in [0.2, 0.25) is 0 Å². The lowest BCUT2D eigenvalue weighted by molar-refractivity contribution is -0.00352. The second-order valence-corrected chi connectivity index (χ2v) is 13.9. The Labute approximate surface area is 192 Å². The lowest BCUT2D eigenvalue weighted by atomic mass is 9.64. The van der Waals surface area contributed by atoms with Crippen molar-refractivity contribution in [3.05, 3.63) is 35.9 Å². The summed E-state index contributed by atoms with van der Waals surface area (Å²) < 4.78 is 6.22. The van der Waals surface area contributed by atoms with Gasteiger partial charge in [-0.05, 0) is 60.3 Å². The van der Waals surface area contributed by atoms with E-state index in [1.807, 2.05) is 0 Å². The van der Waals surface area contributed by atoms with Gasteiger partial charge in [-0.2, -0.15) is 0 Å². The molecule has 0 radical (unpaired) electrons. The Morgan fingerprint density at radius 2 is 1.79 bits per heavy atom. The van der Waals surface area contributed by atoms with Crippen molar-refractivity contribution in [2.45, 2.75) is 67.6 Å². The van der Waals surface area contributed by atoms with Crippen LogP contribution in [0.5, 0.6) is 0 Å². The van der Waals surface area contributed by atoms with E-state index in [0.29, 0.717) is 29.6 Å². The lowest BCUT2D eigenvalue weighted by Crippen LogP contribution is -2.45. The van der Waals surface area contributed by atoms with Crippen molar-refractivity contribution in [2.75, 3.05) is 6.54 Å². The van der Waals surface area contributed by atoms with Crippen LogP contribution in [0.1, 0.15) is 58.4 Å². The van der Waals surface area contributed by atoms with Crippen LogP contribution in [0.15, 0.2) is 30.3 Å². The second kappa shape index (κ2) is 8.18. The monoisotopic (exact) mass is 525 g/mol. The van der Waals surface area contributed by atoms with E-state index >= 15 is 0 Å². The maximum absolute atomic E-state index is 12.7. The fourth-order valence-electron chi connectivity index (χ4n) is 5.86. The minimum absolute atomic E-state index is 0.0197. The largest absolute Gasteiger partial charge is 0.446 e. The number of nitrogens with one attached hydrogen (secondary N) is 1. The molecule has 1 N–H and O–H groups in total. The first-order valence-electron chi connectivity index (χ1n) is 11.1. The molecular formula is C24H33Br2NO2. The fraction of sp³-hybridized carbons (Fsp3) is 0.708. The van der Waals surface area contributed by atoms with Crippen molar-refractivity contribution >= 4 is 38.0 Å². The van der Waals surface area contributed by atoms with Crippen molar-refractivity contribution in [2.24, 2.45) is 29.6 Å². The number of alkyl carbamates (subject to hydrolysis) is 1. The summed E-state index contributed by atoms with van der Waals surface area (Å²) in [5.74, 6) is 2.93. The van der Waals surface area contributed by atoms with E-state index in [0.717, 1.165) is 19.4 Å². The molecule has 4 rings (SSSR count). The number of carbonyl (C=O) groups is 1. The van der Waals surface area contributed by atoms with Crippen molar-refractivity contribution in [3.63, 3.8) is 0 Å². The highest BCUT2D eigenvalue weighted by atomic mass is 79.9. The van der Waals surface area contributed by atoms with E-state index in [4.69, 9.17) is 4.74 Å². The van der Waals surface area contributed by atoms with Crippen LogP contribution in [0.2, 0.25) is 0 Å². The number of rotatable bonds is 5. The van der Waals surface area contributed by atoms with Crippen molar-refractivity contribution in [1.29, 1.82) is 0 Å². The molecule has 1 unspecified atom stereocenters. The normalized spacial score (nSPS) is 35.6. The summed E-state index contributed by atoms with van der Waals surface area (Å²) in [5.41, 5.74) is 1.31. The summed E-state index contributed by atoms with van der Waals surface area (Å²) in [6.45, 7) is 7.61. The number of alkyl halides is 2. The molecule has 3 nitrogen and oxygen atoms in total. The molecule has 0 saturated heterocycles. The summed E-state index contributed by atoms with van der Waals surface area (Å²) in [7, 11) is 0. The van der Waals surface area contributed by atoms with E-state index in [1.54, 1.807) is 0 Å². The average molecular weight is 527 g/mol. The van der Waals surface area contributed by atoms with Gasteiger partial charge in [-0.15, -0.1) is 0 Å². The lowest BCUT2D eigenvalue weighted by Gasteiger charge is -2.43. The molecule has 0 heterocycles. The van der Waals surface area contributed by atoms with Crippen molar-refractivity contribution in [1.82, 2.24) is 5.32 Å². The molecule has 160 valence electrons. The highest BCUT2D eigenvalue weighted by Crippen LogP contribution is 2.70. The smallest absolute Gasteiger partial charge is 0.407 e. The van der Waals surface area contributed by atoms with Crippen LogP contribution in [0.4, 0.5) is 4.79 Å². The van der Waals surface area contributed by atoms with Crippen molar-refractivity contribution in [3.8, 4) is 0 Å². The number of halogens is 2. The number of hydrogen-bond donors (Lipinski definition) is 1. The Hall–Kier alpha value is -0.550. The van der Waals surface area contributed by atoms with E-state index in [-0.39, 0.29) is 20.8 Å². The van der Waals surface area contributed by atoms with Crippen molar-refractivity contribution < 1.29 is 9.53 Å². The third-order valence-corrected chi connectivity index (χ3v) is 10.2. The highest BCUT2D eigenvalue weighted by Gasteiger charge is 2.65. The summed E-state index contributed by atoms with van der Waals surface area (Å²) in [4.78, 5) is 12.7. The van der Waals surface area contributed by atoms with Gasteiger partial charge in [0.05, 0.1) is 3.23 Å². The van der Waals surface area contributed by atoms with Gasteiger partial charge in [0.1, 0.15) is 6.10 Å². The van der Waals surface area contributed by atoms with Gasteiger partial charge in [-0.1, -0.05) is 89.4 Å². The highest BCUT2D eigenvalue weighted by molar-refractivity contribution is 9.25. The first kappa shape index (κ1) is 21.7. The first-order valence-corrected chi connectivity index (χ1v) is 12.7. The van der Waals surface area contributed by atoms with Crippen LogP contribution in [-0.2, 0) is 10.2 Å². The van der Waals surface area contributed by atoms with Gasteiger partial charge >= 0.3 is 6.09 Å². The molecule has 3 saturated carbocycles. The molecular weight excluding hydrogens is 494 g/mol. The Balaban J connectivity index is 1.34. The van der Waals surface area contributed by atoms with Gasteiger partial charge in [0, 0.05) is 12.5 Å². The minimum Gasteiger partial charge on any atom is -0.446 e. The molecule has 0 bridgehead atoms. The van der Waals surface area contributed by atoms with Crippen LogP contribution in [0, 0.1) is 29.6 Å². The second-order valence-electron chi connectivity index (χ2n) is 10.2. The minimum atomic E-state index is -0.234. The number of ether oxygens (including phenoxy) is 1. The Morgan fingerprint density at radius 3 is 2.45 bits per heavy atom. The number of hydrogen-bond acceptors (Lipinski definition) is 2. The molecule has 1 amide bonds. The zero-order valence-corrected chi connectivity index (χ0v) is 20.8. The molecule has 0 spiro atoms. The zero-order chi connectivity index (χ0) is 20.8. The van der Waals surface area contributed by atoms with Crippen LogP contribution >= 0.6 is 31.9 Å². The summed E-state index contributed by atoms with van der Waals surface area (Å²) >= 11 is 7.51. The summed E-state index contributed by atoms with van der Waals surface area (Å²) in [6, 6.07) is 10.7. The van der Waals surface area contributed by atoms with Gasteiger partial charge in [-0.25, -0.2) is 4.79 Å². The maximum Gasteiger partial charge on any atom is 0.407 e. The predicted molar refractivity (Wildman–Crippen MR) is 125 cm³/mol. The Morgan fingerprint density at radius 1 is 1.14 bits per heavy atom. The fourth-order valence-corrected chi connectivity index (χ4v) is 7.62. The van der Waals surface area contributed by atoms with Gasteiger partial charge < -0.3 is 10.1 Å². The SMILES string of the molecule is C[C@@H]1CC[C@@H](C(C)(C)c2ccccc2)[C@H](OC(=O)NCC2C[C@@H]3[C@H](C2)C3(Br)Br)C1. The molecule has 0 aliphatic heterocycles. The molecule has 5 heteroatoms. The van der Waals surface area contributed by atoms with E-state index < -0.39 is 0 Å². The van der Waals surface area contributed by atoms with Gasteiger partial charge in [-0.3, -0.25) is 0 Å². The molecule has 3 aliphatic carbocycles. The number of carbonyl (C=O) groups excluding carboxylic acids is 1. The molecule has 6 atom stereocenters. The predicted octanol–water partition coefficient (Wildman–Crippen LogP) is 6.64. The summed E-state index contributed by atoms with van der Waals surface area (Å²) in [6.07, 6.45) is 5.35. The van der Waals surface area contributed by atoms with E-state index in [2.05, 4.69) is 88.3 Å². The standard InChI is InChI=1S/C24H33Br2NO2/c1-15-9-10-18(23(2,3)17-7-5-4-6-8-17)21(11-15)29-22(28)27-14-16-12-19-20(13-16)24(19,25)26/h4-8,15-16,18-21H,9-14H2,1-3H3,(H,27,28)/t15-,16?,18-,19-,20+,21-/m1/s1. The van der Waals surface area contributed by atoms with Gasteiger partial charge in [0.25, 0.3) is 0 Å². The molecule has 3 fully saturated rings. The van der Waals surface area contributed by atoms with Gasteiger partial charge in [0.15, 0.2) is 0 Å². The first-order chi connectivity index (χ1) is 13.7. The quantitative estimate of drug-likeness (QED) is 0.437.